The van der Waals surface area contributed by atoms with Crippen LogP contribution < -0.4 is 16.0 Å². The van der Waals surface area contributed by atoms with E-state index < -0.39 is 12.1 Å². The summed E-state index contributed by atoms with van der Waals surface area (Å²) in [6.45, 7) is 3.68. The average Bonchev–Trinajstić information content (AvgIpc) is 2.79. The molecule has 3 aromatic carbocycles. The van der Waals surface area contributed by atoms with E-state index in [9.17, 15) is 9.59 Å². The van der Waals surface area contributed by atoms with Crippen molar-refractivity contribution in [1.82, 2.24) is 0 Å². The monoisotopic (exact) mass is 417 g/mol. The molecule has 2 atom stereocenters. The number of methoxy groups -OCH3 is 1. The highest BCUT2D eigenvalue weighted by Crippen LogP contribution is 2.24. The fourth-order valence-electron chi connectivity index (χ4n) is 3.00. The Kier molecular flexibility index (Phi) is 7.40. The molecule has 2 unspecified atom stereocenters. The van der Waals surface area contributed by atoms with E-state index in [0.29, 0.717) is 11.4 Å². The summed E-state index contributed by atoms with van der Waals surface area (Å²) in [4.78, 5) is 25.2. The standard InChI is InChI=1S/C25H27N3O3/c1-17-12-14-20(15-13-17)27-25(30)23(19-8-5-4-6-9-19)26-21-10-7-11-22(16-21)28-24(29)18(2)31-3/h4-16,18,23,26H,1-3H3,(H,27,30)(H,28,29). The first-order valence-electron chi connectivity index (χ1n) is 10.1. The summed E-state index contributed by atoms with van der Waals surface area (Å²) in [7, 11) is 1.49. The molecule has 2 amide bonds. The highest BCUT2D eigenvalue weighted by Gasteiger charge is 2.21. The Hall–Kier alpha value is -3.64. The molecule has 0 radical (unpaired) electrons. The Morgan fingerprint density at radius 3 is 2.10 bits per heavy atom. The van der Waals surface area contributed by atoms with E-state index in [1.165, 1.54) is 7.11 Å². The van der Waals surface area contributed by atoms with Gasteiger partial charge in [-0.15, -0.1) is 0 Å². The van der Waals surface area contributed by atoms with Gasteiger partial charge in [-0.05, 0) is 49.7 Å². The molecule has 0 aliphatic carbocycles. The molecule has 31 heavy (non-hydrogen) atoms. The van der Waals surface area contributed by atoms with Crippen LogP contribution in [0, 0.1) is 6.92 Å². The van der Waals surface area contributed by atoms with Crippen LogP contribution in [0.4, 0.5) is 17.1 Å². The van der Waals surface area contributed by atoms with Crippen molar-refractivity contribution in [2.75, 3.05) is 23.1 Å². The smallest absolute Gasteiger partial charge is 0.253 e. The fourth-order valence-corrected chi connectivity index (χ4v) is 3.00. The average molecular weight is 418 g/mol. The minimum atomic E-state index is -0.619. The molecule has 0 saturated heterocycles. The molecular formula is C25H27N3O3. The molecular weight excluding hydrogens is 390 g/mol. The highest BCUT2D eigenvalue weighted by molar-refractivity contribution is 5.98. The van der Waals surface area contributed by atoms with E-state index in [-0.39, 0.29) is 11.8 Å². The van der Waals surface area contributed by atoms with E-state index in [1.807, 2.05) is 73.7 Å². The second kappa shape index (κ2) is 10.4. The summed E-state index contributed by atoms with van der Waals surface area (Å²) < 4.78 is 5.05. The molecule has 0 bridgehead atoms. The maximum absolute atomic E-state index is 13.1. The van der Waals surface area contributed by atoms with Crippen molar-refractivity contribution in [1.29, 1.82) is 0 Å². The minimum Gasteiger partial charge on any atom is -0.372 e. The summed E-state index contributed by atoms with van der Waals surface area (Å²) in [6, 6.07) is 23.8. The number of rotatable bonds is 8. The van der Waals surface area contributed by atoms with Gasteiger partial charge in [0, 0.05) is 24.2 Å². The van der Waals surface area contributed by atoms with Crippen LogP contribution in [-0.4, -0.2) is 25.0 Å². The summed E-state index contributed by atoms with van der Waals surface area (Å²) in [6.07, 6.45) is -0.561. The maximum atomic E-state index is 13.1. The lowest BCUT2D eigenvalue weighted by molar-refractivity contribution is -0.124. The van der Waals surface area contributed by atoms with Gasteiger partial charge in [-0.1, -0.05) is 54.1 Å². The van der Waals surface area contributed by atoms with E-state index in [4.69, 9.17) is 4.74 Å². The number of benzene rings is 3. The number of hydrogen-bond acceptors (Lipinski definition) is 4. The van der Waals surface area contributed by atoms with Gasteiger partial charge in [0.05, 0.1) is 0 Å². The quantitative estimate of drug-likeness (QED) is 0.494. The third-order valence-electron chi connectivity index (χ3n) is 4.88. The van der Waals surface area contributed by atoms with Crippen molar-refractivity contribution in [2.24, 2.45) is 0 Å². The Morgan fingerprint density at radius 2 is 1.42 bits per heavy atom. The normalized spacial score (nSPS) is 12.5. The van der Waals surface area contributed by atoms with Crippen LogP contribution in [-0.2, 0) is 14.3 Å². The first-order chi connectivity index (χ1) is 15.0. The van der Waals surface area contributed by atoms with Crippen LogP contribution in [0.25, 0.3) is 0 Å². The number of hydrogen-bond donors (Lipinski definition) is 3. The molecule has 3 N–H and O–H groups in total. The van der Waals surface area contributed by atoms with Gasteiger partial charge in [0.2, 0.25) is 0 Å². The predicted octanol–water partition coefficient (Wildman–Crippen LogP) is 4.76. The number of anilines is 3. The maximum Gasteiger partial charge on any atom is 0.253 e. The SMILES string of the molecule is COC(C)C(=O)Nc1cccc(NC(C(=O)Nc2ccc(C)cc2)c2ccccc2)c1. The van der Waals surface area contributed by atoms with Crippen LogP contribution in [0.15, 0.2) is 78.9 Å². The zero-order valence-electron chi connectivity index (χ0n) is 17.9. The number of ether oxygens (including phenoxy) is 1. The number of carbonyl (C=O) groups is 2. The summed E-state index contributed by atoms with van der Waals surface area (Å²) >= 11 is 0. The van der Waals surface area contributed by atoms with Crippen LogP contribution in [0.5, 0.6) is 0 Å². The van der Waals surface area contributed by atoms with E-state index in [0.717, 1.165) is 16.8 Å². The topological polar surface area (TPSA) is 79.5 Å². The molecule has 0 spiro atoms. The highest BCUT2D eigenvalue weighted by atomic mass is 16.5. The molecule has 0 fully saturated rings. The van der Waals surface area contributed by atoms with Crippen molar-refractivity contribution in [3.8, 4) is 0 Å². The van der Waals surface area contributed by atoms with Crippen molar-refractivity contribution in [3.63, 3.8) is 0 Å². The molecule has 3 rings (SSSR count). The zero-order chi connectivity index (χ0) is 22.2. The predicted molar refractivity (Wildman–Crippen MR) is 124 cm³/mol. The van der Waals surface area contributed by atoms with Crippen molar-refractivity contribution >= 4 is 28.9 Å². The van der Waals surface area contributed by atoms with Gasteiger partial charge in [0.15, 0.2) is 0 Å². The lowest BCUT2D eigenvalue weighted by Crippen LogP contribution is -2.28. The first-order valence-corrected chi connectivity index (χ1v) is 10.1. The second-order valence-electron chi connectivity index (χ2n) is 7.29. The number of amides is 2. The van der Waals surface area contributed by atoms with Gasteiger partial charge in [0.1, 0.15) is 12.1 Å². The summed E-state index contributed by atoms with van der Waals surface area (Å²) in [5, 5.41) is 9.07. The van der Waals surface area contributed by atoms with E-state index in [1.54, 1.807) is 19.1 Å². The van der Waals surface area contributed by atoms with E-state index in [2.05, 4.69) is 16.0 Å². The molecule has 0 heterocycles. The molecule has 3 aromatic rings. The second-order valence-corrected chi connectivity index (χ2v) is 7.29. The molecule has 160 valence electrons. The van der Waals surface area contributed by atoms with Gasteiger partial charge < -0.3 is 20.7 Å². The molecule has 0 saturated carbocycles. The lowest BCUT2D eigenvalue weighted by atomic mass is 10.1. The summed E-state index contributed by atoms with van der Waals surface area (Å²) in [5.41, 5.74) is 4.00. The molecule has 6 nitrogen and oxygen atoms in total. The largest absolute Gasteiger partial charge is 0.372 e. The summed E-state index contributed by atoms with van der Waals surface area (Å²) in [5.74, 6) is -0.422. The molecule has 0 aromatic heterocycles. The van der Waals surface area contributed by atoms with Crippen molar-refractivity contribution in [3.05, 3.63) is 90.0 Å². The van der Waals surface area contributed by atoms with E-state index >= 15 is 0 Å². The molecule has 0 aliphatic rings. The molecule has 0 aliphatic heterocycles. The number of aryl methyl sites for hydroxylation is 1. The van der Waals surface area contributed by atoms with Crippen LogP contribution >= 0.6 is 0 Å². The first kappa shape index (κ1) is 22.1. The van der Waals surface area contributed by atoms with Gasteiger partial charge in [-0.25, -0.2) is 0 Å². The Bertz CT molecular complexity index is 1020. The lowest BCUT2D eigenvalue weighted by Gasteiger charge is -2.21. The van der Waals surface area contributed by atoms with Gasteiger partial charge in [-0.2, -0.15) is 0 Å². The van der Waals surface area contributed by atoms with Crippen LogP contribution in [0.1, 0.15) is 24.1 Å². The van der Waals surface area contributed by atoms with Gasteiger partial charge >= 0.3 is 0 Å². The number of carbonyl (C=O) groups excluding carboxylic acids is 2. The number of nitrogens with one attached hydrogen (secondary N) is 3. The molecule has 6 heteroatoms. The van der Waals surface area contributed by atoms with Crippen LogP contribution in [0.2, 0.25) is 0 Å². The fraction of sp³-hybridized carbons (Fsp3) is 0.200. The third-order valence-corrected chi connectivity index (χ3v) is 4.88. The van der Waals surface area contributed by atoms with Crippen LogP contribution in [0.3, 0.4) is 0 Å². The Balaban J connectivity index is 1.81. The third kappa shape index (κ3) is 6.17. The Morgan fingerprint density at radius 1 is 0.774 bits per heavy atom. The van der Waals surface area contributed by atoms with Crippen molar-refractivity contribution < 1.29 is 14.3 Å². The van der Waals surface area contributed by atoms with Gasteiger partial charge in [0.25, 0.3) is 11.8 Å². The van der Waals surface area contributed by atoms with Crippen molar-refractivity contribution in [2.45, 2.75) is 26.0 Å². The Labute approximate surface area is 182 Å². The van der Waals surface area contributed by atoms with Gasteiger partial charge in [-0.3, -0.25) is 9.59 Å². The zero-order valence-corrected chi connectivity index (χ0v) is 17.9. The minimum absolute atomic E-state index is 0.183.